The summed E-state index contributed by atoms with van der Waals surface area (Å²) in [5.74, 6) is 0.782. The maximum Gasteiger partial charge on any atom is 0.326 e. The molecule has 5 rings (SSSR count). The van der Waals surface area contributed by atoms with Crippen LogP contribution in [-0.4, -0.2) is 41.3 Å². The first-order valence-electron chi connectivity index (χ1n) is 11.8. The molecule has 0 saturated carbocycles. The molecule has 1 fully saturated rings. The number of amides is 3. The van der Waals surface area contributed by atoms with Gasteiger partial charge in [0.1, 0.15) is 11.5 Å². The van der Waals surface area contributed by atoms with Crippen LogP contribution in [0.1, 0.15) is 30.0 Å². The van der Waals surface area contributed by atoms with E-state index in [0.717, 1.165) is 11.1 Å². The summed E-state index contributed by atoms with van der Waals surface area (Å²) in [6.45, 7) is 1.81. The van der Waals surface area contributed by atoms with Gasteiger partial charge in [-0.3, -0.25) is 9.69 Å². The molecule has 1 aliphatic rings. The van der Waals surface area contributed by atoms with Gasteiger partial charge in [0.15, 0.2) is 0 Å². The molecule has 2 heterocycles. The van der Waals surface area contributed by atoms with Crippen LogP contribution in [0.25, 0.3) is 11.5 Å². The van der Waals surface area contributed by atoms with Crippen molar-refractivity contribution in [2.24, 2.45) is 0 Å². The first-order chi connectivity index (χ1) is 17.9. The normalized spacial score (nSPS) is 18.0. The number of benzene rings is 3. The molecule has 1 aliphatic heterocycles. The third-order valence-electron chi connectivity index (χ3n) is 6.49. The Hall–Kier alpha value is -4.66. The van der Waals surface area contributed by atoms with Crippen LogP contribution in [-0.2, 0) is 16.8 Å². The lowest BCUT2D eigenvalue weighted by atomic mass is 9.90. The van der Waals surface area contributed by atoms with Crippen molar-refractivity contribution in [3.05, 3.63) is 95.9 Å². The van der Waals surface area contributed by atoms with Crippen molar-refractivity contribution in [3.8, 4) is 23.0 Å². The second kappa shape index (κ2) is 9.77. The number of urea groups is 1. The Bertz CT molecular complexity index is 1400. The Kier molecular flexibility index (Phi) is 6.35. The highest BCUT2D eigenvalue weighted by atomic mass is 16.5. The Morgan fingerprint density at radius 1 is 0.919 bits per heavy atom. The number of ether oxygens (including phenoxy) is 2. The van der Waals surface area contributed by atoms with Crippen molar-refractivity contribution in [2.75, 3.05) is 14.2 Å². The zero-order chi connectivity index (χ0) is 26.0. The fraction of sp³-hybridized carbons (Fsp3) is 0.214. The average molecular weight is 499 g/mol. The lowest BCUT2D eigenvalue weighted by Gasteiger charge is -2.25. The van der Waals surface area contributed by atoms with Crippen molar-refractivity contribution in [2.45, 2.75) is 24.9 Å². The van der Waals surface area contributed by atoms with E-state index in [1.807, 2.05) is 67.6 Å². The van der Waals surface area contributed by atoms with Crippen LogP contribution < -0.4 is 14.8 Å². The van der Waals surface area contributed by atoms with E-state index in [1.54, 1.807) is 32.4 Å². The molecule has 0 aliphatic carbocycles. The molecule has 2 atom stereocenters. The number of imide groups is 1. The molecule has 9 heteroatoms. The predicted molar refractivity (Wildman–Crippen MR) is 135 cm³/mol. The van der Waals surface area contributed by atoms with Gasteiger partial charge in [0.2, 0.25) is 11.4 Å². The number of nitrogens with zero attached hydrogens (tertiary/aromatic N) is 3. The number of rotatable bonds is 8. The number of carbonyl (C=O) groups is 2. The van der Waals surface area contributed by atoms with Gasteiger partial charge in [-0.15, -0.1) is 10.2 Å². The third kappa shape index (κ3) is 4.40. The molecule has 3 amide bonds. The molecule has 9 nitrogen and oxygen atoms in total. The fourth-order valence-corrected chi connectivity index (χ4v) is 4.51. The smallest absolute Gasteiger partial charge is 0.326 e. The topological polar surface area (TPSA) is 107 Å². The average Bonchev–Trinajstić information content (AvgIpc) is 3.53. The number of nitrogens with one attached hydrogen (secondary N) is 1. The summed E-state index contributed by atoms with van der Waals surface area (Å²) in [5.41, 5.74) is 0.635. The Morgan fingerprint density at radius 3 is 2.16 bits per heavy atom. The molecule has 3 aromatic carbocycles. The van der Waals surface area contributed by atoms with Crippen molar-refractivity contribution in [1.29, 1.82) is 0 Å². The van der Waals surface area contributed by atoms with E-state index < -0.39 is 23.5 Å². The SMILES string of the molecule is COc1cc(OC)cc(-c2nnc([C@]3(Cc4ccccc4)NC(=O)N([C@H](C)c4ccccc4)C3=O)o2)c1. The zero-order valence-corrected chi connectivity index (χ0v) is 20.7. The van der Waals surface area contributed by atoms with Crippen LogP contribution in [0.4, 0.5) is 4.79 Å². The molecule has 1 aromatic heterocycles. The van der Waals surface area contributed by atoms with E-state index in [1.165, 1.54) is 4.90 Å². The number of hydrogen-bond acceptors (Lipinski definition) is 7. The van der Waals surface area contributed by atoms with E-state index in [-0.39, 0.29) is 18.2 Å². The highest BCUT2D eigenvalue weighted by Crippen LogP contribution is 2.38. The summed E-state index contributed by atoms with van der Waals surface area (Å²) in [6.07, 6.45) is 0.138. The quantitative estimate of drug-likeness (QED) is 0.356. The molecule has 1 N–H and O–H groups in total. The maximum atomic E-state index is 14.1. The minimum absolute atomic E-state index is 0.00532. The Balaban J connectivity index is 1.58. The molecular formula is C28H26N4O5. The minimum Gasteiger partial charge on any atom is -0.497 e. The van der Waals surface area contributed by atoms with Crippen molar-refractivity contribution < 1.29 is 23.5 Å². The molecule has 0 radical (unpaired) electrons. The van der Waals surface area contributed by atoms with Crippen LogP contribution in [0.3, 0.4) is 0 Å². The molecule has 188 valence electrons. The minimum atomic E-state index is -1.57. The summed E-state index contributed by atoms with van der Waals surface area (Å²) in [6, 6.07) is 22.9. The maximum absolute atomic E-state index is 14.1. The van der Waals surface area contributed by atoms with Gasteiger partial charge in [0.25, 0.3) is 11.8 Å². The lowest BCUT2D eigenvalue weighted by molar-refractivity contribution is -0.133. The van der Waals surface area contributed by atoms with Crippen LogP contribution in [0.5, 0.6) is 11.5 Å². The van der Waals surface area contributed by atoms with Crippen LogP contribution in [0, 0.1) is 0 Å². The molecule has 4 aromatic rings. The van der Waals surface area contributed by atoms with Gasteiger partial charge >= 0.3 is 6.03 Å². The molecule has 37 heavy (non-hydrogen) atoms. The van der Waals surface area contributed by atoms with Crippen LogP contribution in [0.15, 0.2) is 83.3 Å². The summed E-state index contributed by atoms with van der Waals surface area (Å²) in [7, 11) is 3.09. The number of aromatic nitrogens is 2. The largest absolute Gasteiger partial charge is 0.497 e. The first-order valence-corrected chi connectivity index (χ1v) is 11.8. The summed E-state index contributed by atoms with van der Waals surface area (Å²) in [4.78, 5) is 28.6. The van der Waals surface area contributed by atoms with E-state index in [4.69, 9.17) is 13.9 Å². The second-order valence-electron chi connectivity index (χ2n) is 8.77. The van der Waals surface area contributed by atoms with Crippen LogP contribution >= 0.6 is 0 Å². The van der Waals surface area contributed by atoms with Gasteiger partial charge < -0.3 is 19.2 Å². The second-order valence-corrected chi connectivity index (χ2v) is 8.77. The lowest BCUT2D eigenvalue weighted by Crippen LogP contribution is -2.46. The molecule has 0 spiro atoms. The van der Waals surface area contributed by atoms with Gasteiger partial charge in [0.05, 0.1) is 20.3 Å². The van der Waals surface area contributed by atoms with Crippen molar-refractivity contribution in [1.82, 2.24) is 20.4 Å². The van der Waals surface area contributed by atoms with E-state index >= 15 is 0 Å². The summed E-state index contributed by atoms with van der Waals surface area (Å²) < 4.78 is 16.8. The van der Waals surface area contributed by atoms with E-state index in [2.05, 4.69) is 15.5 Å². The van der Waals surface area contributed by atoms with E-state index in [0.29, 0.717) is 17.1 Å². The van der Waals surface area contributed by atoms with Gasteiger partial charge in [-0.25, -0.2) is 4.79 Å². The molecular weight excluding hydrogens is 472 g/mol. The molecule has 0 bridgehead atoms. The fourth-order valence-electron chi connectivity index (χ4n) is 4.51. The van der Waals surface area contributed by atoms with Gasteiger partial charge in [-0.2, -0.15) is 0 Å². The highest BCUT2D eigenvalue weighted by Gasteiger charge is 2.57. The van der Waals surface area contributed by atoms with Crippen molar-refractivity contribution in [3.63, 3.8) is 0 Å². The third-order valence-corrected chi connectivity index (χ3v) is 6.49. The van der Waals surface area contributed by atoms with Gasteiger partial charge in [-0.05, 0) is 30.2 Å². The van der Waals surface area contributed by atoms with Crippen LogP contribution in [0.2, 0.25) is 0 Å². The number of hydrogen-bond donors (Lipinski definition) is 1. The summed E-state index contributed by atoms with van der Waals surface area (Å²) in [5, 5.41) is 11.3. The Labute approximate surface area is 214 Å². The molecule has 0 unspecified atom stereocenters. The Morgan fingerprint density at radius 2 is 1.54 bits per heavy atom. The van der Waals surface area contributed by atoms with Gasteiger partial charge in [0, 0.05) is 18.1 Å². The highest BCUT2D eigenvalue weighted by molar-refractivity contribution is 6.07. The number of carbonyl (C=O) groups excluding carboxylic acids is 2. The zero-order valence-electron chi connectivity index (χ0n) is 20.7. The molecule has 1 saturated heterocycles. The number of methoxy groups -OCH3 is 2. The van der Waals surface area contributed by atoms with Gasteiger partial charge in [-0.1, -0.05) is 60.7 Å². The monoisotopic (exact) mass is 498 g/mol. The van der Waals surface area contributed by atoms with Crippen molar-refractivity contribution >= 4 is 11.9 Å². The predicted octanol–water partition coefficient (Wildman–Crippen LogP) is 4.50. The standard InChI is InChI=1S/C28H26N4O5/c1-18(20-12-8-5-9-13-20)32-26(33)28(29-27(32)34,17-19-10-6-4-7-11-19)25-31-30-24(37-25)21-14-22(35-2)16-23(15-21)36-3/h4-16,18H,17H2,1-3H3,(H,29,34)/t18-,28+/m1/s1. The first kappa shape index (κ1) is 24.1. The summed E-state index contributed by atoms with van der Waals surface area (Å²) >= 11 is 0. The van der Waals surface area contributed by atoms with E-state index in [9.17, 15) is 9.59 Å².